The first-order chi connectivity index (χ1) is 19.9. The van der Waals surface area contributed by atoms with E-state index in [1.54, 1.807) is 12.3 Å². The van der Waals surface area contributed by atoms with Crippen LogP contribution in [-0.4, -0.2) is 81.3 Å². The van der Waals surface area contributed by atoms with Gasteiger partial charge in [-0.2, -0.15) is 8.78 Å². The van der Waals surface area contributed by atoms with E-state index in [-0.39, 0.29) is 29.0 Å². The summed E-state index contributed by atoms with van der Waals surface area (Å²) in [5.74, 6) is 0.520. The molecule has 8 nitrogen and oxygen atoms in total. The predicted molar refractivity (Wildman–Crippen MR) is 151 cm³/mol. The van der Waals surface area contributed by atoms with Crippen LogP contribution in [0.5, 0.6) is 17.2 Å². The number of carbonyl (C=O) groups excluding carboxylic acids is 1. The van der Waals surface area contributed by atoms with Crippen LogP contribution in [0.2, 0.25) is 0 Å². The van der Waals surface area contributed by atoms with Crippen molar-refractivity contribution in [3.8, 4) is 28.4 Å². The predicted octanol–water partition coefficient (Wildman–Crippen LogP) is 5.40. The lowest BCUT2D eigenvalue weighted by atomic mass is 10.0. The van der Waals surface area contributed by atoms with Gasteiger partial charge in [-0.05, 0) is 88.6 Å². The minimum Gasteiger partial charge on any atom is -0.492 e. The molecule has 0 bridgehead atoms. The number of hydrogen-bond donors (Lipinski definition) is 1. The Morgan fingerprint density at radius 1 is 1.07 bits per heavy atom. The molecule has 0 radical (unpaired) electrons. The molecule has 1 N–H and O–H groups in total. The summed E-state index contributed by atoms with van der Waals surface area (Å²) >= 11 is 0. The van der Waals surface area contributed by atoms with Crippen molar-refractivity contribution >= 4 is 16.9 Å². The van der Waals surface area contributed by atoms with Crippen molar-refractivity contribution in [2.24, 2.45) is 5.92 Å². The number of amides is 1. The third-order valence-electron chi connectivity index (χ3n) is 8.12. The van der Waals surface area contributed by atoms with E-state index in [4.69, 9.17) is 18.6 Å². The highest BCUT2D eigenvalue weighted by atomic mass is 19.3. The van der Waals surface area contributed by atoms with Crippen LogP contribution in [0, 0.1) is 5.92 Å². The number of nitrogens with one attached hydrogen (secondary N) is 1. The van der Waals surface area contributed by atoms with Gasteiger partial charge in [0.15, 0.2) is 0 Å². The van der Waals surface area contributed by atoms with Crippen LogP contribution in [-0.2, 0) is 0 Å². The zero-order valence-corrected chi connectivity index (χ0v) is 23.4. The van der Waals surface area contributed by atoms with Crippen molar-refractivity contribution < 1.29 is 32.2 Å². The molecule has 2 aromatic carbocycles. The summed E-state index contributed by atoms with van der Waals surface area (Å²) in [4.78, 5) is 17.8. The molecule has 3 aromatic rings. The van der Waals surface area contributed by atoms with E-state index in [9.17, 15) is 13.6 Å². The standard InChI is InChI=1S/C31H37F2N3O5/c1-35-11-8-20(17-35)18-39-27-14-21(15-28(41-31(32)33)29(27)30(37)34-22-4-5-22)25-19-40-26-16-23(6-7-24(25)26)38-13-12-36-9-2-3-10-36/h6-7,14-16,19-20,22,31H,2-5,8-13,17-18H2,1H3,(H,34,37)/t20-/m0/s1. The minimum absolute atomic E-state index is 0.00575. The summed E-state index contributed by atoms with van der Waals surface area (Å²) in [5.41, 5.74) is 1.85. The number of hydrogen-bond acceptors (Lipinski definition) is 7. The zero-order valence-electron chi connectivity index (χ0n) is 23.4. The van der Waals surface area contributed by atoms with Crippen molar-refractivity contribution in [2.45, 2.75) is 44.8 Å². The number of ether oxygens (including phenoxy) is 3. The van der Waals surface area contributed by atoms with Gasteiger partial charge < -0.3 is 28.8 Å². The summed E-state index contributed by atoms with van der Waals surface area (Å²) < 4.78 is 50.1. The van der Waals surface area contributed by atoms with E-state index in [0.717, 1.165) is 57.4 Å². The molecule has 1 saturated carbocycles. The Hall–Kier alpha value is -3.37. The Morgan fingerprint density at radius 2 is 1.88 bits per heavy atom. The Labute approximate surface area is 238 Å². The lowest BCUT2D eigenvalue weighted by Gasteiger charge is -2.19. The van der Waals surface area contributed by atoms with Crippen molar-refractivity contribution in [3.05, 3.63) is 42.2 Å². The number of nitrogens with zero attached hydrogens (tertiary/aromatic N) is 2. The zero-order chi connectivity index (χ0) is 28.3. The molecule has 3 aliphatic rings. The minimum atomic E-state index is -3.10. The molecule has 220 valence electrons. The fraction of sp³-hybridized carbons (Fsp3) is 0.516. The van der Waals surface area contributed by atoms with Crippen LogP contribution in [0.15, 0.2) is 41.0 Å². The molecule has 1 aliphatic carbocycles. The second-order valence-corrected chi connectivity index (χ2v) is 11.4. The SMILES string of the molecule is CN1CC[C@H](COc2cc(-c3coc4cc(OCCN5CCCC5)ccc34)cc(OC(F)F)c2C(=O)NC2CC2)C1. The maximum atomic E-state index is 13.6. The number of carbonyl (C=O) groups is 1. The smallest absolute Gasteiger partial charge is 0.387 e. The van der Waals surface area contributed by atoms with Crippen LogP contribution in [0.4, 0.5) is 8.78 Å². The first-order valence-corrected chi connectivity index (χ1v) is 14.5. The largest absolute Gasteiger partial charge is 0.492 e. The van der Waals surface area contributed by atoms with Gasteiger partial charge >= 0.3 is 6.61 Å². The molecule has 0 unspecified atom stereocenters. The van der Waals surface area contributed by atoms with Gasteiger partial charge in [0.1, 0.15) is 35.0 Å². The molecule has 0 spiro atoms. The van der Waals surface area contributed by atoms with E-state index in [1.807, 2.05) is 18.2 Å². The molecule has 1 aromatic heterocycles. The van der Waals surface area contributed by atoms with Gasteiger partial charge in [-0.15, -0.1) is 0 Å². The molecule has 3 fully saturated rings. The molecular formula is C31H37F2N3O5. The number of fused-ring (bicyclic) bond motifs is 1. The molecule has 3 heterocycles. The van der Waals surface area contributed by atoms with Crippen molar-refractivity contribution in [1.82, 2.24) is 15.1 Å². The number of furan rings is 1. The van der Waals surface area contributed by atoms with E-state index in [0.29, 0.717) is 35.7 Å². The van der Waals surface area contributed by atoms with Crippen LogP contribution in [0.1, 0.15) is 42.5 Å². The van der Waals surface area contributed by atoms with Gasteiger partial charge in [0.05, 0.1) is 12.9 Å². The molecule has 6 rings (SSSR count). The monoisotopic (exact) mass is 569 g/mol. The third-order valence-corrected chi connectivity index (χ3v) is 8.12. The molecular weight excluding hydrogens is 532 g/mol. The summed E-state index contributed by atoms with van der Waals surface area (Å²) in [6.07, 6.45) is 6.76. The fourth-order valence-corrected chi connectivity index (χ4v) is 5.75. The molecule has 10 heteroatoms. The number of benzene rings is 2. The van der Waals surface area contributed by atoms with Gasteiger partial charge in [-0.25, -0.2) is 0 Å². The molecule has 2 aliphatic heterocycles. The average molecular weight is 570 g/mol. The average Bonchev–Trinajstić information content (AvgIpc) is 3.30. The van der Waals surface area contributed by atoms with Crippen LogP contribution in [0.3, 0.4) is 0 Å². The lowest BCUT2D eigenvalue weighted by Crippen LogP contribution is -2.27. The Bertz CT molecular complexity index is 1370. The van der Waals surface area contributed by atoms with Crippen LogP contribution in [0.25, 0.3) is 22.1 Å². The molecule has 1 atom stereocenters. The highest BCUT2D eigenvalue weighted by Crippen LogP contribution is 2.40. The fourth-order valence-electron chi connectivity index (χ4n) is 5.75. The molecule has 41 heavy (non-hydrogen) atoms. The lowest BCUT2D eigenvalue weighted by molar-refractivity contribution is -0.0502. The van der Waals surface area contributed by atoms with Gasteiger partial charge in [-0.1, -0.05) is 0 Å². The summed E-state index contributed by atoms with van der Waals surface area (Å²) in [6, 6.07) is 8.86. The first-order valence-electron chi connectivity index (χ1n) is 14.5. The van der Waals surface area contributed by atoms with Crippen molar-refractivity contribution in [3.63, 3.8) is 0 Å². The number of rotatable bonds is 12. The van der Waals surface area contributed by atoms with Gasteiger partial charge in [-0.3, -0.25) is 9.69 Å². The third kappa shape index (κ3) is 6.76. The molecule has 2 saturated heterocycles. The van der Waals surface area contributed by atoms with Crippen LogP contribution >= 0.6 is 0 Å². The normalized spacial score (nSPS) is 19.8. The van der Waals surface area contributed by atoms with Crippen LogP contribution < -0.4 is 19.5 Å². The summed E-state index contributed by atoms with van der Waals surface area (Å²) in [6.45, 7) is 2.82. The topological polar surface area (TPSA) is 76.4 Å². The van der Waals surface area contributed by atoms with Gasteiger partial charge in [0.2, 0.25) is 0 Å². The van der Waals surface area contributed by atoms with E-state index < -0.39 is 12.5 Å². The van der Waals surface area contributed by atoms with E-state index in [2.05, 4.69) is 22.2 Å². The maximum Gasteiger partial charge on any atom is 0.387 e. The highest BCUT2D eigenvalue weighted by molar-refractivity contribution is 6.02. The molecule has 1 amide bonds. The highest BCUT2D eigenvalue weighted by Gasteiger charge is 2.30. The second kappa shape index (κ2) is 12.2. The number of alkyl halides is 2. The Balaban J connectivity index is 1.29. The van der Waals surface area contributed by atoms with Crippen molar-refractivity contribution in [1.29, 1.82) is 0 Å². The quantitative estimate of drug-likeness (QED) is 0.313. The Morgan fingerprint density at radius 3 is 2.61 bits per heavy atom. The summed E-state index contributed by atoms with van der Waals surface area (Å²) in [7, 11) is 2.05. The van der Waals surface area contributed by atoms with Gasteiger partial charge in [0, 0.05) is 42.1 Å². The maximum absolute atomic E-state index is 13.6. The van der Waals surface area contributed by atoms with Crippen molar-refractivity contribution in [2.75, 3.05) is 53.0 Å². The van der Waals surface area contributed by atoms with E-state index >= 15 is 0 Å². The second-order valence-electron chi connectivity index (χ2n) is 11.4. The summed E-state index contributed by atoms with van der Waals surface area (Å²) in [5, 5.41) is 3.69. The van der Waals surface area contributed by atoms with E-state index in [1.165, 1.54) is 18.9 Å². The number of likely N-dealkylation sites (tertiary alicyclic amines) is 2. The number of halogens is 2. The van der Waals surface area contributed by atoms with Gasteiger partial charge in [0.25, 0.3) is 5.91 Å². The first kappa shape index (κ1) is 27.8. The Kier molecular flexibility index (Phi) is 8.30.